The number of carbonyl (C=O) groups is 1. The Morgan fingerprint density at radius 1 is 1.60 bits per heavy atom. The van der Waals surface area contributed by atoms with Gasteiger partial charge in [0.2, 0.25) is 0 Å². The first-order chi connectivity index (χ1) is 9.42. The van der Waals surface area contributed by atoms with Crippen LogP contribution in [0.25, 0.3) is 0 Å². The van der Waals surface area contributed by atoms with Crippen molar-refractivity contribution in [3.63, 3.8) is 0 Å². The van der Waals surface area contributed by atoms with E-state index in [-0.39, 0.29) is 12.6 Å². The fourth-order valence-electron chi connectivity index (χ4n) is 1.88. The number of amides is 2. The van der Waals surface area contributed by atoms with E-state index in [9.17, 15) is 13.6 Å². The minimum Gasteiger partial charge on any atom is -0.373 e. The standard InChI is InChI=1S/C12H16F2N4O2/c1-8(9-3-4-15-16-5-9)18(2)11(19)17-10-6-20-7-12(10,13)14/h3-5,8,10H,6-7H2,1-2H3,(H,17,19)/t8-,10+/m1/s1. The minimum absolute atomic E-state index is 0.183. The molecule has 20 heavy (non-hydrogen) atoms. The van der Waals surface area contributed by atoms with E-state index < -0.39 is 24.6 Å². The Balaban J connectivity index is 1.99. The van der Waals surface area contributed by atoms with Crippen molar-refractivity contribution in [1.29, 1.82) is 0 Å². The molecule has 0 aromatic carbocycles. The smallest absolute Gasteiger partial charge is 0.318 e. The molecule has 0 unspecified atom stereocenters. The van der Waals surface area contributed by atoms with Crippen molar-refractivity contribution in [2.24, 2.45) is 0 Å². The third kappa shape index (κ3) is 3.01. The van der Waals surface area contributed by atoms with Crippen LogP contribution in [0.1, 0.15) is 18.5 Å². The second-order valence-corrected chi connectivity index (χ2v) is 4.74. The van der Waals surface area contributed by atoms with Crippen LogP contribution in [-0.2, 0) is 4.74 Å². The van der Waals surface area contributed by atoms with Gasteiger partial charge < -0.3 is 15.0 Å². The normalized spacial score (nSPS) is 22.3. The van der Waals surface area contributed by atoms with Crippen LogP contribution in [0.5, 0.6) is 0 Å². The Bertz CT molecular complexity index is 472. The van der Waals surface area contributed by atoms with E-state index in [1.54, 1.807) is 13.0 Å². The number of hydrogen-bond acceptors (Lipinski definition) is 4. The van der Waals surface area contributed by atoms with Crippen LogP contribution < -0.4 is 5.32 Å². The third-order valence-electron chi connectivity index (χ3n) is 3.38. The van der Waals surface area contributed by atoms with Gasteiger partial charge in [-0.05, 0) is 18.6 Å². The summed E-state index contributed by atoms with van der Waals surface area (Å²) in [7, 11) is 1.54. The first-order valence-corrected chi connectivity index (χ1v) is 6.17. The number of alkyl halides is 2. The molecule has 0 bridgehead atoms. The number of halogens is 2. The molecule has 6 nitrogen and oxygen atoms in total. The molecule has 110 valence electrons. The summed E-state index contributed by atoms with van der Waals surface area (Å²) in [6.07, 6.45) is 3.04. The molecule has 2 atom stereocenters. The van der Waals surface area contributed by atoms with Gasteiger partial charge in [0.25, 0.3) is 5.92 Å². The van der Waals surface area contributed by atoms with Crippen LogP contribution in [0.2, 0.25) is 0 Å². The van der Waals surface area contributed by atoms with Gasteiger partial charge in [-0.25, -0.2) is 13.6 Å². The lowest BCUT2D eigenvalue weighted by Gasteiger charge is -2.27. The summed E-state index contributed by atoms with van der Waals surface area (Å²) in [6, 6.07) is -0.458. The van der Waals surface area contributed by atoms with Crippen LogP contribution in [0.3, 0.4) is 0 Å². The first kappa shape index (κ1) is 14.6. The lowest BCUT2D eigenvalue weighted by molar-refractivity contribution is -0.0223. The summed E-state index contributed by atoms with van der Waals surface area (Å²) >= 11 is 0. The van der Waals surface area contributed by atoms with Crippen molar-refractivity contribution in [1.82, 2.24) is 20.4 Å². The molecule has 0 spiro atoms. The zero-order valence-electron chi connectivity index (χ0n) is 11.2. The molecule has 2 heterocycles. The van der Waals surface area contributed by atoms with Crippen LogP contribution in [0, 0.1) is 0 Å². The molecule has 0 saturated carbocycles. The fourth-order valence-corrected chi connectivity index (χ4v) is 1.88. The van der Waals surface area contributed by atoms with Crippen LogP contribution >= 0.6 is 0 Å². The Morgan fingerprint density at radius 2 is 2.35 bits per heavy atom. The van der Waals surface area contributed by atoms with E-state index in [4.69, 9.17) is 4.74 Å². The topological polar surface area (TPSA) is 67.4 Å². The molecule has 0 radical (unpaired) electrons. The number of carbonyl (C=O) groups excluding carboxylic acids is 1. The van der Waals surface area contributed by atoms with Gasteiger partial charge in [0.1, 0.15) is 12.6 Å². The minimum atomic E-state index is -3.03. The summed E-state index contributed by atoms with van der Waals surface area (Å²) in [5, 5.41) is 9.67. The Kier molecular flexibility index (Phi) is 4.12. The fraction of sp³-hybridized carbons (Fsp3) is 0.583. The predicted octanol–water partition coefficient (Wildman–Crippen LogP) is 1.21. The largest absolute Gasteiger partial charge is 0.373 e. The molecule has 2 rings (SSSR count). The van der Waals surface area contributed by atoms with E-state index in [1.165, 1.54) is 24.3 Å². The van der Waals surface area contributed by atoms with E-state index in [0.29, 0.717) is 0 Å². The number of hydrogen-bond donors (Lipinski definition) is 1. The van der Waals surface area contributed by atoms with Crippen molar-refractivity contribution in [2.75, 3.05) is 20.3 Å². The molecule has 1 aliphatic heterocycles. The number of ether oxygens (including phenoxy) is 1. The van der Waals surface area contributed by atoms with E-state index in [1.807, 2.05) is 0 Å². The van der Waals surface area contributed by atoms with Gasteiger partial charge in [-0.1, -0.05) is 0 Å². The van der Waals surface area contributed by atoms with Gasteiger partial charge in [0.15, 0.2) is 0 Å². The van der Waals surface area contributed by atoms with Crippen molar-refractivity contribution in [3.8, 4) is 0 Å². The van der Waals surface area contributed by atoms with Crippen LogP contribution in [0.4, 0.5) is 13.6 Å². The SMILES string of the molecule is C[C@H](c1ccnnc1)N(C)C(=O)N[C@H]1COCC1(F)F. The summed E-state index contributed by atoms with van der Waals surface area (Å²) in [6.45, 7) is 0.934. The van der Waals surface area contributed by atoms with Crippen molar-refractivity contribution in [2.45, 2.75) is 24.9 Å². The highest BCUT2D eigenvalue weighted by atomic mass is 19.3. The molecule has 1 saturated heterocycles. The first-order valence-electron chi connectivity index (χ1n) is 6.17. The molecular formula is C12H16F2N4O2. The van der Waals surface area contributed by atoms with E-state index in [0.717, 1.165) is 5.56 Å². The maximum atomic E-state index is 13.4. The van der Waals surface area contributed by atoms with Gasteiger partial charge in [0, 0.05) is 13.2 Å². The van der Waals surface area contributed by atoms with Crippen molar-refractivity contribution < 1.29 is 18.3 Å². The van der Waals surface area contributed by atoms with Crippen LogP contribution in [0.15, 0.2) is 18.5 Å². The summed E-state index contributed by atoms with van der Waals surface area (Å²) in [5.41, 5.74) is 0.770. The van der Waals surface area contributed by atoms with Crippen LogP contribution in [-0.4, -0.2) is 53.4 Å². The monoisotopic (exact) mass is 286 g/mol. The van der Waals surface area contributed by atoms with E-state index in [2.05, 4.69) is 15.5 Å². The van der Waals surface area contributed by atoms with Gasteiger partial charge >= 0.3 is 6.03 Å². The molecule has 1 aromatic heterocycles. The summed E-state index contributed by atoms with van der Waals surface area (Å²) in [4.78, 5) is 13.3. The highest BCUT2D eigenvalue weighted by Gasteiger charge is 2.46. The maximum absolute atomic E-state index is 13.4. The van der Waals surface area contributed by atoms with Crippen molar-refractivity contribution >= 4 is 6.03 Å². The summed E-state index contributed by atoms with van der Waals surface area (Å²) in [5.74, 6) is -3.03. The zero-order valence-corrected chi connectivity index (χ0v) is 11.2. The third-order valence-corrected chi connectivity index (χ3v) is 3.38. The second-order valence-electron chi connectivity index (χ2n) is 4.74. The Morgan fingerprint density at radius 3 is 2.90 bits per heavy atom. The quantitative estimate of drug-likeness (QED) is 0.907. The Labute approximate surface area is 115 Å². The lowest BCUT2D eigenvalue weighted by atomic mass is 10.1. The number of nitrogens with zero attached hydrogens (tertiary/aromatic N) is 3. The van der Waals surface area contributed by atoms with E-state index >= 15 is 0 Å². The average molecular weight is 286 g/mol. The molecule has 2 amide bonds. The number of nitrogens with one attached hydrogen (secondary N) is 1. The highest BCUT2D eigenvalue weighted by molar-refractivity contribution is 5.75. The lowest BCUT2D eigenvalue weighted by Crippen LogP contribution is -2.51. The molecule has 8 heteroatoms. The average Bonchev–Trinajstić information content (AvgIpc) is 2.77. The Hall–Kier alpha value is -1.83. The van der Waals surface area contributed by atoms with Gasteiger partial charge in [0.05, 0.1) is 18.8 Å². The second kappa shape index (κ2) is 5.66. The van der Waals surface area contributed by atoms with Gasteiger partial charge in [-0.2, -0.15) is 10.2 Å². The summed E-state index contributed by atoms with van der Waals surface area (Å²) < 4.78 is 31.5. The number of rotatable bonds is 3. The molecule has 1 N–H and O–H groups in total. The molecule has 0 aliphatic carbocycles. The van der Waals surface area contributed by atoms with Gasteiger partial charge in [-0.15, -0.1) is 0 Å². The number of aromatic nitrogens is 2. The number of urea groups is 1. The highest BCUT2D eigenvalue weighted by Crippen LogP contribution is 2.26. The molecular weight excluding hydrogens is 270 g/mol. The predicted molar refractivity (Wildman–Crippen MR) is 66.3 cm³/mol. The maximum Gasteiger partial charge on any atom is 0.318 e. The van der Waals surface area contributed by atoms with Crippen molar-refractivity contribution in [3.05, 3.63) is 24.0 Å². The molecule has 1 fully saturated rings. The van der Waals surface area contributed by atoms with Gasteiger partial charge in [-0.3, -0.25) is 0 Å². The molecule has 1 aromatic rings. The molecule has 1 aliphatic rings. The zero-order chi connectivity index (χ0) is 14.8.